The van der Waals surface area contributed by atoms with Crippen LogP contribution >= 0.6 is 0 Å². The summed E-state index contributed by atoms with van der Waals surface area (Å²) in [6.45, 7) is 2.55. The minimum absolute atomic E-state index is 0.0321. The van der Waals surface area contributed by atoms with Crippen molar-refractivity contribution in [2.75, 3.05) is 6.54 Å². The number of hydrogen-bond acceptors (Lipinski definition) is 6. The minimum atomic E-state index is -4.46. The van der Waals surface area contributed by atoms with Gasteiger partial charge in [0.25, 0.3) is 10.1 Å². The zero-order valence-electron chi connectivity index (χ0n) is 12.1. The van der Waals surface area contributed by atoms with Crippen molar-refractivity contribution in [1.29, 1.82) is 0 Å². The van der Waals surface area contributed by atoms with Crippen molar-refractivity contribution in [3.8, 4) is 5.75 Å². The van der Waals surface area contributed by atoms with Crippen molar-refractivity contribution in [2.45, 2.75) is 31.1 Å². The van der Waals surface area contributed by atoms with E-state index in [2.05, 4.69) is 22.1 Å². The fourth-order valence-corrected chi connectivity index (χ4v) is 2.74. The molecule has 1 aromatic heterocycles. The Morgan fingerprint density at radius 2 is 2.09 bits per heavy atom. The zero-order chi connectivity index (χ0) is 16.2. The van der Waals surface area contributed by atoms with E-state index in [4.69, 9.17) is 0 Å². The summed E-state index contributed by atoms with van der Waals surface area (Å²) in [5, 5.41) is 18.1. The first-order chi connectivity index (χ1) is 10.4. The van der Waals surface area contributed by atoms with E-state index >= 15 is 0 Å². The summed E-state index contributed by atoms with van der Waals surface area (Å²) in [6.07, 6.45) is 4.34. The molecule has 2 aromatic rings. The standard InChI is InChI=1S/C14H17N3O4S/c1-2-3-4-8-16-17-11-9-12(22(19,20)21)10-6-5-7-15-13(10)14(11)18/h5-7,9,18H,2-4,8H2,1H3,(H,19,20,21)/b17-16+. The van der Waals surface area contributed by atoms with Crippen molar-refractivity contribution in [2.24, 2.45) is 10.2 Å². The smallest absolute Gasteiger partial charge is 0.295 e. The van der Waals surface area contributed by atoms with Gasteiger partial charge in [0.1, 0.15) is 16.1 Å². The molecule has 0 aliphatic heterocycles. The van der Waals surface area contributed by atoms with Crippen LogP contribution in [0.3, 0.4) is 0 Å². The third kappa shape index (κ3) is 3.58. The van der Waals surface area contributed by atoms with E-state index in [0.29, 0.717) is 6.54 Å². The van der Waals surface area contributed by atoms with Gasteiger partial charge in [-0.25, -0.2) is 0 Å². The summed E-state index contributed by atoms with van der Waals surface area (Å²) in [6, 6.07) is 4.06. The van der Waals surface area contributed by atoms with Crippen LogP contribution in [0, 0.1) is 0 Å². The summed E-state index contributed by atoms with van der Waals surface area (Å²) < 4.78 is 32.3. The average molecular weight is 323 g/mol. The number of phenols is 1. The van der Waals surface area contributed by atoms with Gasteiger partial charge in [-0.3, -0.25) is 9.54 Å². The van der Waals surface area contributed by atoms with Gasteiger partial charge >= 0.3 is 0 Å². The lowest BCUT2D eigenvalue weighted by Gasteiger charge is -2.07. The van der Waals surface area contributed by atoms with Crippen LogP contribution in [-0.2, 0) is 10.1 Å². The normalized spacial score (nSPS) is 12.3. The number of fused-ring (bicyclic) bond motifs is 1. The first kappa shape index (κ1) is 16.3. The van der Waals surface area contributed by atoms with Crippen molar-refractivity contribution in [3.05, 3.63) is 24.4 Å². The van der Waals surface area contributed by atoms with Crippen molar-refractivity contribution in [3.63, 3.8) is 0 Å². The molecule has 2 rings (SSSR count). The van der Waals surface area contributed by atoms with Crippen molar-refractivity contribution in [1.82, 2.24) is 4.98 Å². The number of pyridine rings is 1. The number of unbranched alkanes of at least 4 members (excludes halogenated alkanes) is 2. The number of nitrogens with zero attached hydrogens (tertiary/aromatic N) is 3. The largest absolute Gasteiger partial charge is 0.504 e. The molecule has 0 aliphatic carbocycles. The van der Waals surface area contributed by atoms with Gasteiger partial charge in [0.05, 0.1) is 6.54 Å². The summed E-state index contributed by atoms with van der Waals surface area (Å²) in [5.41, 5.74) is 0.0236. The van der Waals surface area contributed by atoms with Crippen LogP contribution in [0.2, 0.25) is 0 Å². The summed E-state index contributed by atoms with van der Waals surface area (Å²) in [4.78, 5) is 3.60. The molecule has 0 fully saturated rings. The van der Waals surface area contributed by atoms with E-state index in [-0.39, 0.29) is 27.2 Å². The van der Waals surface area contributed by atoms with E-state index in [1.54, 1.807) is 0 Å². The van der Waals surface area contributed by atoms with Crippen LogP contribution in [-0.4, -0.2) is 29.6 Å². The van der Waals surface area contributed by atoms with Gasteiger partial charge < -0.3 is 5.11 Å². The van der Waals surface area contributed by atoms with Crippen LogP contribution in [0.25, 0.3) is 10.9 Å². The molecule has 0 aliphatic rings. The highest BCUT2D eigenvalue weighted by Crippen LogP contribution is 2.37. The second-order valence-corrected chi connectivity index (χ2v) is 6.18. The fraction of sp³-hybridized carbons (Fsp3) is 0.357. The first-order valence-corrected chi connectivity index (χ1v) is 8.35. The van der Waals surface area contributed by atoms with Gasteiger partial charge in [-0.05, 0) is 24.6 Å². The Hall–Kier alpha value is -2.06. The topological polar surface area (TPSA) is 112 Å². The maximum Gasteiger partial charge on any atom is 0.295 e. The Bertz CT molecular complexity index is 803. The van der Waals surface area contributed by atoms with Gasteiger partial charge in [0.2, 0.25) is 0 Å². The molecule has 1 aromatic carbocycles. The lowest BCUT2D eigenvalue weighted by Crippen LogP contribution is -1.99. The van der Waals surface area contributed by atoms with Crippen LogP contribution in [0.15, 0.2) is 39.5 Å². The van der Waals surface area contributed by atoms with E-state index in [0.717, 1.165) is 25.3 Å². The van der Waals surface area contributed by atoms with Crippen LogP contribution in [0.5, 0.6) is 5.75 Å². The molecule has 0 unspecified atom stereocenters. The number of aromatic nitrogens is 1. The Kier molecular flexibility index (Phi) is 5.04. The molecule has 118 valence electrons. The Morgan fingerprint density at radius 1 is 1.32 bits per heavy atom. The monoisotopic (exact) mass is 323 g/mol. The molecule has 0 saturated carbocycles. The highest BCUT2D eigenvalue weighted by molar-refractivity contribution is 7.86. The number of rotatable bonds is 6. The molecule has 2 N–H and O–H groups in total. The van der Waals surface area contributed by atoms with E-state index in [1.165, 1.54) is 18.3 Å². The molecule has 0 spiro atoms. The maximum atomic E-state index is 11.5. The van der Waals surface area contributed by atoms with Gasteiger partial charge in [-0.2, -0.15) is 18.6 Å². The zero-order valence-corrected chi connectivity index (χ0v) is 12.9. The predicted molar refractivity (Wildman–Crippen MR) is 82.1 cm³/mol. The van der Waals surface area contributed by atoms with E-state index < -0.39 is 10.1 Å². The number of aromatic hydroxyl groups is 1. The quantitative estimate of drug-likeness (QED) is 0.480. The van der Waals surface area contributed by atoms with E-state index in [9.17, 15) is 18.1 Å². The summed E-state index contributed by atoms with van der Waals surface area (Å²) >= 11 is 0. The van der Waals surface area contributed by atoms with Crippen molar-refractivity contribution < 1.29 is 18.1 Å². The van der Waals surface area contributed by atoms with E-state index in [1.807, 2.05) is 0 Å². The molecule has 0 atom stereocenters. The lowest BCUT2D eigenvalue weighted by molar-refractivity contribution is 0.478. The first-order valence-electron chi connectivity index (χ1n) is 6.91. The molecule has 0 amide bonds. The molecule has 22 heavy (non-hydrogen) atoms. The minimum Gasteiger partial charge on any atom is -0.504 e. The van der Waals surface area contributed by atoms with Crippen LogP contribution in [0.1, 0.15) is 26.2 Å². The molecule has 8 heteroatoms. The van der Waals surface area contributed by atoms with Crippen molar-refractivity contribution >= 4 is 26.7 Å². The van der Waals surface area contributed by atoms with Gasteiger partial charge in [-0.1, -0.05) is 19.8 Å². The SMILES string of the molecule is CCCCC/N=N/c1cc(S(=O)(=O)O)c2cccnc2c1O. The molecule has 7 nitrogen and oxygen atoms in total. The predicted octanol–water partition coefficient (Wildman–Crippen LogP) is 3.46. The Morgan fingerprint density at radius 3 is 2.77 bits per heavy atom. The van der Waals surface area contributed by atoms with Gasteiger partial charge in [-0.15, -0.1) is 0 Å². The third-order valence-corrected chi connectivity index (χ3v) is 4.02. The summed E-state index contributed by atoms with van der Waals surface area (Å²) in [5.74, 6) is -0.262. The Balaban J connectivity index is 2.49. The fourth-order valence-electron chi connectivity index (χ4n) is 2.03. The Labute approximate surface area is 128 Å². The highest BCUT2D eigenvalue weighted by Gasteiger charge is 2.20. The highest BCUT2D eigenvalue weighted by atomic mass is 32.2. The van der Waals surface area contributed by atoms with Gasteiger partial charge in [0, 0.05) is 11.6 Å². The molecular weight excluding hydrogens is 306 g/mol. The second kappa shape index (κ2) is 6.80. The summed E-state index contributed by atoms with van der Waals surface area (Å²) in [7, 11) is -4.46. The molecule has 0 radical (unpaired) electrons. The molecule has 0 bridgehead atoms. The third-order valence-electron chi connectivity index (χ3n) is 3.13. The van der Waals surface area contributed by atoms with Gasteiger partial charge in [0.15, 0.2) is 5.75 Å². The lowest BCUT2D eigenvalue weighted by atomic mass is 10.2. The van der Waals surface area contributed by atoms with Crippen LogP contribution in [0.4, 0.5) is 5.69 Å². The number of hydrogen-bond donors (Lipinski definition) is 2. The van der Waals surface area contributed by atoms with Crippen LogP contribution < -0.4 is 0 Å². The number of phenolic OH excluding ortho intramolecular Hbond substituents is 1. The second-order valence-electron chi connectivity index (χ2n) is 4.79. The molecule has 1 heterocycles. The maximum absolute atomic E-state index is 11.5. The number of benzene rings is 1. The average Bonchev–Trinajstić information content (AvgIpc) is 2.48. The molecule has 0 saturated heterocycles. The number of azo groups is 1. The molecular formula is C14H17N3O4S.